The number of ether oxygens (including phenoxy) is 1. The van der Waals surface area contributed by atoms with E-state index in [0.717, 1.165) is 11.3 Å². The molecule has 4 rings (SSSR count). The van der Waals surface area contributed by atoms with Gasteiger partial charge in [-0.1, -0.05) is 0 Å². The summed E-state index contributed by atoms with van der Waals surface area (Å²) in [6.07, 6.45) is -3.72. The van der Waals surface area contributed by atoms with Gasteiger partial charge in [0.2, 0.25) is 0 Å². The minimum absolute atomic E-state index is 0.00964. The summed E-state index contributed by atoms with van der Waals surface area (Å²) in [6, 6.07) is 8.70. The molecule has 2 unspecified atom stereocenters. The number of carbonyl (C=O) groups excluding carboxylic acids is 1. The van der Waals surface area contributed by atoms with Gasteiger partial charge in [-0.05, 0) is 84.7 Å². The molecular weight excluding hydrogens is 573 g/mol. The zero-order valence-corrected chi connectivity index (χ0v) is 21.7. The Morgan fingerprint density at radius 3 is 2.44 bits per heavy atom. The van der Waals surface area contributed by atoms with Gasteiger partial charge in [0.15, 0.2) is 0 Å². The van der Waals surface area contributed by atoms with Gasteiger partial charge in [-0.3, -0.25) is 9.69 Å². The highest BCUT2D eigenvalue weighted by molar-refractivity contribution is 9.10. The SMILES string of the molecule is CC(C)N1c2c(Br)cc(C(=O)Nc3ccc(OC(F)(F)Cl)cc3)cc2C2CCN(CC(F)(F)F)CC21. The number of halogens is 7. The lowest BCUT2D eigenvalue weighted by molar-refractivity contribution is -0.148. The maximum Gasteiger partial charge on any atom is 0.487 e. The van der Waals surface area contributed by atoms with Crippen LogP contribution in [0.15, 0.2) is 40.9 Å². The van der Waals surface area contributed by atoms with Crippen LogP contribution in [0.4, 0.5) is 33.3 Å². The van der Waals surface area contributed by atoms with Crippen LogP contribution in [0.2, 0.25) is 0 Å². The second-order valence-electron chi connectivity index (χ2n) is 9.24. The Hall–Kier alpha value is -2.11. The lowest BCUT2D eigenvalue weighted by Crippen LogP contribution is -2.52. The molecule has 2 aliphatic heterocycles. The summed E-state index contributed by atoms with van der Waals surface area (Å²) in [5.41, 5.74) is -1.28. The van der Waals surface area contributed by atoms with Gasteiger partial charge >= 0.3 is 11.7 Å². The van der Waals surface area contributed by atoms with Gasteiger partial charge in [0.25, 0.3) is 5.91 Å². The van der Waals surface area contributed by atoms with Crippen LogP contribution in [0.3, 0.4) is 0 Å². The lowest BCUT2D eigenvalue weighted by atomic mass is 9.87. The molecule has 2 aromatic carbocycles. The number of anilines is 2. The molecule has 2 aliphatic rings. The normalized spacial score (nSPS) is 20.3. The van der Waals surface area contributed by atoms with E-state index in [1.807, 2.05) is 13.8 Å². The fraction of sp³-hybridized carbons (Fsp3) is 0.458. The van der Waals surface area contributed by atoms with Crippen molar-refractivity contribution < 1.29 is 31.5 Å². The van der Waals surface area contributed by atoms with Crippen molar-refractivity contribution >= 4 is 44.8 Å². The Morgan fingerprint density at radius 1 is 1.19 bits per heavy atom. The van der Waals surface area contributed by atoms with Gasteiger partial charge in [-0.2, -0.15) is 13.2 Å². The van der Waals surface area contributed by atoms with Crippen molar-refractivity contribution in [1.29, 1.82) is 0 Å². The molecule has 36 heavy (non-hydrogen) atoms. The Bertz CT molecular complexity index is 1120. The van der Waals surface area contributed by atoms with E-state index in [1.54, 1.807) is 12.1 Å². The molecule has 196 valence electrons. The molecule has 2 heterocycles. The second kappa shape index (κ2) is 9.98. The highest BCUT2D eigenvalue weighted by Gasteiger charge is 2.45. The first-order chi connectivity index (χ1) is 16.7. The smallest absolute Gasteiger partial charge is 0.420 e. The van der Waals surface area contributed by atoms with Crippen molar-refractivity contribution in [2.24, 2.45) is 0 Å². The van der Waals surface area contributed by atoms with Crippen molar-refractivity contribution in [3.8, 4) is 5.75 Å². The van der Waals surface area contributed by atoms with E-state index in [-0.39, 0.29) is 30.3 Å². The fourth-order valence-electron chi connectivity index (χ4n) is 5.10. The molecule has 0 spiro atoms. The van der Waals surface area contributed by atoms with Crippen LogP contribution in [0.25, 0.3) is 0 Å². The van der Waals surface area contributed by atoms with Crippen molar-refractivity contribution in [3.63, 3.8) is 0 Å². The van der Waals surface area contributed by atoms with E-state index in [0.29, 0.717) is 28.7 Å². The molecule has 1 saturated heterocycles. The molecule has 0 bridgehead atoms. The molecule has 0 radical (unpaired) electrons. The molecule has 2 atom stereocenters. The first kappa shape index (κ1) is 26.9. The molecule has 0 aromatic heterocycles. The Labute approximate surface area is 218 Å². The van der Waals surface area contributed by atoms with Gasteiger partial charge in [0.05, 0.1) is 12.2 Å². The van der Waals surface area contributed by atoms with E-state index in [2.05, 4.69) is 30.9 Å². The number of alkyl halides is 6. The van der Waals surface area contributed by atoms with Crippen LogP contribution < -0.4 is 15.0 Å². The van der Waals surface area contributed by atoms with E-state index in [9.17, 15) is 26.7 Å². The van der Waals surface area contributed by atoms with Crippen LogP contribution in [0, 0.1) is 0 Å². The Balaban J connectivity index is 1.56. The number of piperidine rings is 1. The van der Waals surface area contributed by atoms with Gasteiger partial charge in [0, 0.05) is 51.9 Å². The highest BCUT2D eigenvalue weighted by atomic mass is 79.9. The van der Waals surface area contributed by atoms with Gasteiger partial charge in [0.1, 0.15) is 5.75 Å². The summed E-state index contributed by atoms with van der Waals surface area (Å²) in [4.78, 5) is 16.6. The summed E-state index contributed by atoms with van der Waals surface area (Å²) in [5, 5.41) is 2.72. The largest absolute Gasteiger partial charge is 0.487 e. The predicted molar refractivity (Wildman–Crippen MR) is 131 cm³/mol. The number of nitrogens with one attached hydrogen (secondary N) is 1. The summed E-state index contributed by atoms with van der Waals surface area (Å²) >= 11 is 8.34. The third kappa shape index (κ3) is 6.06. The molecule has 12 heteroatoms. The minimum atomic E-state index is -4.26. The Morgan fingerprint density at radius 2 is 1.86 bits per heavy atom. The van der Waals surface area contributed by atoms with Gasteiger partial charge < -0.3 is 15.0 Å². The standard InChI is InChI=1S/C24H24BrClF5N3O2/c1-13(2)34-20-11-33(12-23(27,28)29)8-7-17(20)18-9-14(10-19(25)21(18)34)22(35)32-15-3-5-16(6-4-15)36-24(26,30)31/h3-6,9-10,13,17,20H,7-8,11-12H2,1-2H3,(H,32,35). The molecule has 1 fully saturated rings. The Kier molecular flexibility index (Phi) is 7.47. The molecule has 1 N–H and O–H groups in total. The number of likely N-dealkylation sites (tertiary alicyclic amines) is 1. The van der Waals surface area contributed by atoms with Crippen LogP contribution >= 0.6 is 27.5 Å². The third-order valence-electron chi connectivity index (χ3n) is 6.34. The molecule has 5 nitrogen and oxygen atoms in total. The predicted octanol–water partition coefficient (Wildman–Crippen LogP) is 6.82. The van der Waals surface area contributed by atoms with Crippen LogP contribution in [-0.2, 0) is 0 Å². The number of fused-ring (bicyclic) bond motifs is 3. The van der Waals surface area contributed by atoms with Crippen molar-refractivity contribution in [3.05, 3.63) is 52.0 Å². The lowest BCUT2D eigenvalue weighted by Gasteiger charge is -2.41. The van der Waals surface area contributed by atoms with E-state index < -0.39 is 24.2 Å². The highest BCUT2D eigenvalue weighted by Crippen LogP contribution is 2.50. The van der Waals surface area contributed by atoms with Crippen molar-refractivity contribution in [2.45, 2.75) is 50.0 Å². The number of hydrogen-bond acceptors (Lipinski definition) is 4. The summed E-state index contributed by atoms with van der Waals surface area (Å²) in [5.74, 6) is -0.585. The minimum Gasteiger partial charge on any atom is -0.420 e. The third-order valence-corrected chi connectivity index (χ3v) is 7.02. The van der Waals surface area contributed by atoms with Gasteiger partial charge in [-0.15, -0.1) is 8.78 Å². The number of benzene rings is 2. The first-order valence-electron chi connectivity index (χ1n) is 11.3. The number of nitrogens with zero attached hydrogens (tertiary/aromatic N) is 2. The average Bonchev–Trinajstić information content (AvgIpc) is 3.07. The second-order valence-corrected chi connectivity index (χ2v) is 10.5. The van der Waals surface area contributed by atoms with Crippen molar-refractivity contribution in [2.75, 3.05) is 29.9 Å². The quantitative estimate of drug-likeness (QED) is 0.294. The topological polar surface area (TPSA) is 44.8 Å². The van der Waals surface area contributed by atoms with Crippen LogP contribution in [0.5, 0.6) is 5.75 Å². The van der Waals surface area contributed by atoms with Crippen LogP contribution in [-0.4, -0.2) is 54.3 Å². The van der Waals surface area contributed by atoms with Crippen LogP contribution in [0.1, 0.15) is 42.1 Å². The molecular formula is C24H24BrClF5N3O2. The number of hydrogen-bond donors (Lipinski definition) is 1. The summed E-state index contributed by atoms with van der Waals surface area (Å²) in [7, 11) is 0. The number of carbonyl (C=O) groups is 1. The zero-order valence-electron chi connectivity index (χ0n) is 19.4. The van der Waals surface area contributed by atoms with E-state index in [4.69, 9.17) is 11.6 Å². The number of rotatable bonds is 6. The van der Waals surface area contributed by atoms with E-state index in [1.165, 1.54) is 29.2 Å². The summed E-state index contributed by atoms with van der Waals surface area (Å²) in [6.45, 7) is 3.64. The first-order valence-corrected chi connectivity index (χ1v) is 12.5. The van der Waals surface area contributed by atoms with E-state index >= 15 is 0 Å². The molecule has 0 saturated carbocycles. The van der Waals surface area contributed by atoms with Gasteiger partial charge in [-0.25, -0.2) is 0 Å². The molecule has 2 aromatic rings. The summed E-state index contributed by atoms with van der Waals surface area (Å²) < 4.78 is 69.6. The monoisotopic (exact) mass is 595 g/mol. The average molecular weight is 597 g/mol. The maximum atomic E-state index is 13.0. The molecule has 1 amide bonds. The zero-order chi connectivity index (χ0) is 26.4. The fourth-order valence-corrected chi connectivity index (χ4v) is 5.86. The van der Waals surface area contributed by atoms with Crippen molar-refractivity contribution in [1.82, 2.24) is 4.90 Å². The number of amides is 1. The maximum absolute atomic E-state index is 13.0. The molecule has 0 aliphatic carbocycles.